The molecule has 5 heteroatoms. The quantitative estimate of drug-likeness (QED) is 0.645. The fourth-order valence-corrected chi connectivity index (χ4v) is 2.42. The minimum absolute atomic E-state index is 0.0811. The molecule has 0 spiro atoms. The maximum absolute atomic E-state index is 13.8. The molecule has 0 heterocycles. The van der Waals surface area contributed by atoms with Crippen molar-refractivity contribution in [1.29, 1.82) is 0 Å². The summed E-state index contributed by atoms with van der Waals surface area (Å²) in [6.45, 7) is 0. The van der Waals surface area contributed by atoms with Crippen LogP contribution < -0.4 is 0 Å². The van der Waals surface area contributed by atoms with E-state index in [0.29, 0.717) is 4.47 Å². The lowest BCUT2D eigenvalue weighted by molar-refractivity contribution is 0.588. The van der Waals surface area contributed by atoms with Crippen molar-refractivity contribution >= 4 is 39.1 Å². The molecular weight excluding hydrogens is 333 g/mol. The molecule has 0 N–H and O–H groups in total. The lowest BCUT2D eigenvalue weighted by Gasteiger charge is -2.09. The first-order valence-electron chi connectivity index (χ1n) is 4.51. The Hall–Kier alpha value is -0.640. The Balaban J connectivity index is 2.77. The van der Waals surface area contributed by atoms with Gasteiger partial charge in [-0.15, -0.1) is 0 Å². The Morgan fingerprint density at radius 2 is 1.65 bits per heavy atom. The summed E-state index contributed by atoms with van der Waals surface area (Å²) in [4.78, 5) is 0. The molecule has 0 atom stereocenters. The van der Waals surface area contributed by atoms with Crippen molar-refractivity contribution in [2.75, 3.05) is 0 Å². The van der Waals surface area contributed by atoms with Gasteiger partial charge in [0, 0.05) is 16.1 Å². The molecule has 0 aromatic heterocycles. The molecular formula is C12H4BrCl2F2. The Morgan fingerprint density at radius 1 is 1.06 bits per heavy atom. The van der Waals surface area contributed by atoms with Gasteiger partial charge in [-0.2, -0.15) is 0 Å². The van der Waals surface area contributed by atoms with Gasteiger partial charge in [-0.3, -0.25) is 0 Å². The molecule has 0 saturated heterocycles. The first kappa shape index (κ1) is 12.8. The van der Waals surface area contributed by atoms with Gasteiger partial charge in [0.25, 0.3) is 0 Å². The molecule has 2 aromatic rings. The van der Waals surface area contributed by atoms with Crippen LogP contribution in [0.2, 0.25) is 10.0 Å². The zero-order valence-electron chi connectivity index (χ0n) is 8.20. The lowest BCUT2D eigenvalue weighted by Crippen LogP contribution is -1.92. The molecule has 0 aliphatic heterocycles. The molecule has 0 unspecified atom stereocenters. The van der Waals surface area contributed by atoms with Gasteiger partial charge in [0.05, 0.1) is 15.6 Å². The third-order valence-electron chi connectivity index (χ3n) is 2.15. The van der Waals surface area contributed by atoms with Crippen LogP contribution in [0.25, 0.3) is 11.1 Å². The average Bonchev–Trinajstić information content (AvgIpc) is 2.21. The van der Waals surface area contributed by atoms with E-state index < -0.39 is 11.6 Å². The predicted molar refractivity (Wildman–Crippen MR) is 68.4 cm³/mol. The highest BCUT2D eigenvalue weighted by molar-refractivity contribution is 9.10. The number of benzene rings is 2. The number of hydrogen-bond donors (Lipinski definition) is 0. The van der Waals surface area contributed by atoms with Gasteiger partial charge in [0.2, 0.25) is 0 Å². The predicted octanol–water partition coefficient (Wildman–Crippen LogP) is 5.50. The molecule has 0 saturated carbocycles. The van der Waals surface area contributed by atoms with Gasteiger partial charge in [0.1, 0.15) is 11.6 Å². The zero-order chi connectivity index (χ0) is 12.6. The summed E-state index contributed by atoms with van der Waals surface area (Å²) in [6, 6.07) is 7.91. The van der Waals surface area contributed by atoms with Crippen molar-refractivity contribution < 1.29 is 8.78 Å². The summed E-state index contributed by atoms with van der Waals surface area (Å²) >= 11 is 14.8. The molecule has 87 valence electrons. The highest BCUT2D eigenvalue weighted by Crippen LogP contribution is 2.38. The van der Waals surface area contributed by atoms with E-state index in [1.807, 2.05) is 0 Å². The van der Waals surface area contributed by atoms with E-state index in [1.54, 1.807) is 0 Å². The van der Waals surface area contributed by atoms with Crippen LogP contribution in [0.1, 0.15) is 0 Å². The van der Waals surface area contributed by atoms with E-state index in [2.05, 4.69) is 22.0 Å². The Bertz CT molecular complexity index is 541. The lowest BCUT2D eigenvalue weighted by atomic mass is 10.0. The first-order chi connectivity index (χ1) is 8.00. The standard InChI is InChI=1S/C12H4BrCl2F2/c13-6-4-9(16)12(10(17)5-6)11-7(14)2-1-3-8(11)15/h1-2,4-5H. The van der Waals surface area contributed by atoms with Gasteiger partial charge >= 0.3 is 0 Å². The molecule has 0 bridgehead atoms. The van der Waals surface area contributed by atoms with Crippen molar-refractivity contribution in [3.8, 4) is 11.1 Å². The molecule has 17 heavy (non-hydrogen) atoms. The van der Waals surface area contributed by atoms with Gasteiger partial charge < -0.3 is 0 Å². The van der Waals surface area contributed by atoms with Crippen LogP contribution in [-0.4, -0.2) is 0 Å². The Kier molecular flexibility index (Phi) is 3.71. The van der Waals surface area contributed by atoms with E-state index in [1.165, 1.54) is 12.1 Å². The molecule has 1 radical (unpaired) electrons. The SMILES string of the molecule is Fc1cc(Br)cc(F)c1-c1c(Cl)[c]ccc1Cl. The van der Waals surface area contributed by atoms with Crippen molar-refractivity contribution in [3.63, 3.8) is 0 Å². The summed E-state index contributed by atoms with van der Waals surface area (Å²) in [7, 11) is 0. The van der Waals surface area contributed by atoms with Gasteiger partial charge in [0.15, 0.2) is 0 Å². The second kappa shape index (κ2) is 4.92. The summed E-state index contributed by atoms with van der Waals surface area (Å²) in [6.07, 6.45) is 0. The van der Waals surface area contributed by atoms with Gasteiger partial charge in [-0.1, -0.05) is 45.2 Å². The van der Waals surface area contributed by atoms with Crippen LogP contribution in [0.3, 0.4) is 0 Å². The Morgan fingerprint density at radius 3 is 2.18 bits per heavy atom. The van der Waals surface area contributed by atoms with Gasteiger partial charge in [-0.25, -0.2) is 8.78 Å². The normalized spacial score (nSPS) is 10.6. The second-order valence-corrected chi connectivity index (χ2v) is 4.96. The van der Waals surface area contributed by atoms with E-state index in [4.69, 9.17) is 23.2 Å². The molecule has 0 aliphatic carbocycles. The van der Waals surface area contributed by atoms with Crippen molar-refractivity contribution in [2.45, 2.75) is 0 Å². The van der Waals surface area contributed by atoms with Gasteiger partial charge in [-0.05, 0) is 18.2 Å². The summed E-state index contributed by atoms with van der Waals surface area (Å²) in [5, 5.41) is 0.256. The fourth-order valence-electron chi connectivity index (χ4n) is 1.46. The summed E-state index contributed by atoms with van der Waals surface area (Å²) < 4.78 is 27.8. The second-order valence-electron chi connectivity index (χ2n) is 3.26. The smallest absolute Gasteiger partial charge is 0.135 e. The molecule has 0 fully saturated rings. The number of rotatable bonds is 1. The zero-order valence-corrected chi connectivity index (χ0v) is 11.3. The largest absolute Gasteiger partial charge is 0.206 e. The van der Waals surface area contributed by atoms with Crippen LogP contribution in [0.5, 0.6) is 0 Å². The minimum Gasteiger partial charge on any atom is -0.206 e. The highest BCUT2D eigenvalue weighted by Gasteiger charge is 2.18. The fraction of sp³-hybridized carbons (Fsp3) is 0. The maximum Gasteiger partial charge on any atom is 0.135 e. The monoisotopic (exact) mass is 335 g/mol. The molecule has 2 aromatic carbocycles. The third kappa shape index (κ3) is 2.46. The van der Waals surface area contributed by atoms with E-state index >= 15 is 0 Å². The minimum atomic E-state index is -0.736. The van der Waals surface area contributed by atoms with E-state index in [9.17, 15) is 8.78 Å². The van der Waals surface area contributed by atoms with Crippen LogP contribution in [0.4, 0.5) is 8.78 Å². The average molecular weight is 337 g/mol. The van der Waals surface area contributed by atoms with Crippen LogP contribution in [0.15, 0.2) is 28.7 Å². The molecule has 0 nitrogen and oxygen atoms in total. The first-order valence-corrected chi connectivity index (χ1v) is 6.06. The number of halogens is 5. The summed E-state index contributed by atoms with van der Waals surface area (Å²) in [5.41, 5.74) is -0.140. The van der Waals surface area contributed by atoms with Crippen LogP contribution in [-0.2, 0) is 0 Å². The topological polar surface area (TPSA) is 0 Å². The van der Waals surface area contributed by atoms with Crippen LogP contribution in [0, 0.1) is 17.7 Å². The maximum atomic E-state index is 13.8. The van der Waals surface area contributed by atoms with E-state index in [0.717, 1.165) is 12.1 Å². The summed E-state index contributed by atoms with van der Waals surface area (Å²) in [5.74, 6) is -1.47. The molecule has 0 aliphatic rings. The Labute approximate surface area is 115 Å². The van der Waals surface area contributed by atoms with Crippen molar-refractivity contribution in [1.82, 2.24) is 0 Å². The number of hydrogen-bond acceptors (Lipinski definition) is 0. The van der Waals surface area contributed by atoms with Crippen molar-refractivity contribution in [3.05, 3.63) is 56.5 Å². The van der Waals surface area contributed by atoms with Crippen molar-refractivity contribution in [2.24, 2.45) is 0 Å². The van der Waals surface area contributed by atoms with E-state index in [-0.39, 0.29) is 21.2 Å². The van der Waals surface area contributed by atoms with Crippen LogP contribution >= 0.6 is 39.1 Å². The molecule has 0 amide bonds. The third-order valence-corrected chi connectivity index (χ3v) is 3.23. The molecule has 2 rings (SSSR count). The highest BCUT2D eigenvalue weighted by atomic mass is 79.9.